The number of carboxylic acid groups (broad SMARTS) is 1. The number of likely N-dealkylation sites (tertiary alicyclic amines) is 1. The molecule has 1 N–H and O–H groups in total. The predicted molar refractivity (Wildman–Crippen MR) is 71.5 cm³/mol. The van der Waals surface area contributed by atoms with Crippen molar-refractivity contribution in [3.63, 3.8) is 0 Å². The number of hydrogen-bond acceptors (Lipinski definition) is 3. The molecule has 0 aromatic carbocycles. The molecule has 1 atom stereocenters. The number of rotatable bonds is 2. The molecule has 0 radical (unpaired) electrons. The zero-order valence-corrected chi connectivity index (χ0v) is 10.9. The molecule has 104 valence electrons. The maximum absolute atomic E-state index is 12.4. The molecule has 1 amide bonds. The van der Waals surface area contributed by atoms with Crippen molar-refractivity contribution in [1.82, 2.24) is 14.3 Å². The Labute approximate surface area is 115 Å². The van der Waals surface area contributed by atoms with Crippen LogP contribution in [0.15, 0.2) is 30.7 Å². The summed E-state index contributed by atoms with van der Waals surface area (Å²) < 4.78 is 1.78. The third-order valence-corrected chi connectivity index (χ3v) is 3.69. The van der Waals surface area contributed by atoms with Gasteiger partial charge in [0.05, 0.1) is 11.5 Å². The van der Waals surface area contributed by atoms with Crippen LogP contribution in [-0.2, 0) is 4.79 Å². The first kappa shape index (κ1) is 12.7. The monoisotopic (exact) mass is 273 g/mol. The van der Waals surface area contributed by atoms with Gasteiger partial charge in [-0.3, -0.25) is 9.59 Å². The fourth-order valence-corrected chi connectivity index (χ4v) is 2.59. The Morgan fingerprint density at radius 1 is 1.35 bits per heavy atom. The second-order valence-corrected chi connectivity index (χ2v) is 5.04. The fraction of sp³-hybridized carbons (Fsp3) is 0.357. The number of piperidine rings is 1. The van der Waals surface area contributed by atoms with E-state index in [0.717, 1.165) is 12.1 Å². The van der Waals surface area contributed by atoms with Crippen molar-refractivity contribution in [2.45, 2.75) is 12.8 Å². The number of carbonyl (C=O) groups is 2. The highest BCUT2D eigenvalue weighted by Gasteiger charge is 2.28. The van der Waals surface area contributed by atoms with Crippen LogP contribution in [0.5, 0.6) is 0 Å². The standard InChI is InChI=1S/C14H15N3O3/c18-13(17-6-1-2-11(9-17)14(19)20)10-3-4-12-15-5-7-16(12)8-10/h3-5,7-8,11H,1-2,6,9H2,(H,19,20)/t11-/m0/s1. The first-order chi connectivity index (χ1) is 9.65. The van der Waals surface area contributed by atoms with Crippen molar-refractivity contribution in [3.8, 4) is 0 Å². The van der Waals surface area contributed by atoms with E-state index >= 15 is 0 Å². The molecule has 2 aromatic rings. The van der Waals surface area contributed by atoms with Crippen LogP contribution in [0.3, 0.4) is 0 Å². The minimum Gasteiger partial charge on any atom is -0.481 e. The van der Waals surface area contributed by atoms with Gasteiger partial charge in [-0.15, -0.1) is 0 Å². The summed E-state index contributed by atoms with van der Waals surface area (Å²) in [6.45, 7) is 0.903. The molecule has 20 heavy (non-hydrogen) atoms. The molecule has 1 aliphatic rings. The Hall–Kier alpha value is -2.37. The van der Waals surface area contributed by atoms with Crippen LogP contribution in [0.2, 0.25) is 0 Å². The number of imidazole rings is 1. The lowest BCUT2D eigenvalue weighted by molar-refractivity contribution is -0.143. The molecule has 1 saturated heterocycles. The van der Waals surface area contributed by atoms with Gasteiger partial charge >= 0.3 is 5.97 Å². The van der Waals surface area contributed by atoms with E-state index in [-0.39, 0.29) is 12.5 Å². The molecule has 0 bridgehead atoms. The number of carbonyl (C=O) groups excluding carboxylic acids is 1. The summed E-state index contributed by atoms with van der Waals surface area (Å²) in [5.74, 6) is -1.40. The number of hydrogen-bond donors (Lipinski definition) is 1. The third-order valence-electron chi connectivity index (χ3n) is 3.69. The van der Waals surface area contributed by atoms with Crippen molar-refractivity contribution >= 4 is 17.5 Å². The molecule has 6 heteroatoms. The van der Waals surface area contributed by atoms with Crippen molar-refractivity contribution in [1.29, 1.82) is 0 Å². The molecule has 0 spiro atoms. The molecule has 0 aliphatic carbocycles. The van der Waals surface area contributed by atoms with E-state index in [4.69, 9.17) is 5.11 Å². The van der Waals surface area contributed by atoms with E-state index in [1.165, 1.54) is 0 Å². The summed E-state index contributed by atoms with van der Waals surface area (Å²) in [6, 6.07) is 3.51. The van der Waals surface area contributed by atoms with Gasteiger partial charge in [0.2, 0.25) is 0 Å². The summed E-state index contributed by atoms with van der Waals surface area (Å²) in [5.41, 5.74) is 1.34. The molecular weight excluding hydrogens is 258 g/mol. The largest absolute Gasteiger partial charge is 0.481 e. The minimum atomic E-state index is -0.826. The highest BCUT2D eigenvalue weighted by atomic mass is 16.4. The number of amides is 1. The summed E-state index contributed by atoms with van der Waals surface area (Å²) in [5, 5.41) is 9.07. The zero-order chi connectivity index (χ0) is 14.1. The van der Waals surface area contributed by atoms with Crippen LogP contribution in [0.1, 0.15) is 23.2 Å². The second-order valence-electron chi connectivity index (χ2n) is 5.04. The first-order valence-corrected chi connectivity index (χ1v) is 6.60. The van der Waals surface area contributed by atoms with Crippen LogP contribution in [0.4, 0.5) is 0 Å². The maximum Gasteiger partial charge on any atom is 0.308 e. The van der Waals surface area contributed by atoms with Gasteiger partial charge in [-0.1, -0.05) is 0 Å². The van der Waals surface area contributed by atoms with Crippen LogP contribution in [-0.4, -0.2) is 44.4 Å². The second kappa shape index (κ2) is 4.96. The quantitative estimate of drug-likeness (QED) is 0.894. The van der Waals surface area contributed by atoms with Gasteiger partial charge in [0.25, 0.3) is 5.91 Å². The average molecular weight is 273 g/mol. The normalized spacial score (nSPS) is 19.2. The Morgan fingerprint density at radius 2 is 2.20 bits per heavy atom. The topological polar surface area (TPSA) is 74.9 Å². The third kappa shape index (κ3) is 2.24. The predicted octanol–water partition coefficient (Wildman–Crippen LogP) is 1.27. The summed E-state index contributed by atoms with van der Waals surface area (Å²) in [6.07, 6.45) is 6.55. The number of aliphatic carboxylic acids is 1. The molecule has 0 unspecified atom stereocenters. The number of fused-ring (bicyclic) bond motifs is 1. The lowest BCUT2D eigenvalue weighted by atomic mass is 9.98. The Bertz CT molecular complexity index is 664. The van der Waals surface area contributed by atoms with E-state index in [1.807, 2.05) is 0 Å². The SMILES string of the molecule is O=C(O)[C@H]1CCCN(C(=O)c2ccc3nccn3c2)C1. The molecule has 3 heterocycles. The van der Waals surface area contributed by atoms with Crippen LogP contribution < -0.4 is 0 Å². The van der Waals surface area contributed by atoms with E-state index < -0.39 is 11.9 Å². The van der Waals surface area contributed by atoms with Crippen LogP contribution in [0, 0.1) is 5.92 Å². The number of carboxylic acids is 1. The summed E-state index contributed by atoms with van der Waals surface area (Å²) in [7, 11) is 0. The smallest absolute Gasteiger partial charge is 0.308 e. The van der Waals surface area contributed by atoms with E-state index in [0.29, 0.717) is 18.5 Å². The van der Waals surface area contributed by atoms with Gasteiger partial charge in [0.1, 0.15) is 5.65 Å². The number of pyridine rings is 1. The number of aromatic nitrogens is 2. The molecule has 2 aromatic heterocycles. The number of nitrogens with zero attached hydrogens (tertiary/aromatic N) is 3. The van der Waals surface area contributed by atoms with E-state index in [1.54, 1.807) is 40.0 Å². The van der Waals surface area contributed by atoms with Crippen LogP contribution >= 0.6 is 0 Å². The Balaban J connectivity index is 1.82. The van der Waals surface area contributed by atoms with Crippen molar-refractivity contribution in [2.24, 2.45) is 5.92 Å². The zero-order valence-electron chi connectivity index (χ0n) is 10.9. The van der Waals surface area contributed by atoms with Gasteiger partial charge in [-0.05, 0) is 25.0 Å². The summed E-state index contributed by atoms with van der Waals surface area (Å²) >= 11 is 0. The first-order valence-electron chi connectivity index (χ1n) is 6.60. The van der Waals surface area contributed by atoms with Gasteiger partial charge in [0, 0.05) is 31.7 Å². The highest BCUT2D eigenvalue weighted by molar-refractivity contribution is 5.94. The highest BCUT2D eigenvalue weighted by Crippen LogP contribution is 2.19. The molecular formula is C14H15N3O3. The average Bonchev–Trinajstić information content (AvgIpc) is 2.94. The van der Waals surface area contributed by atoms with E-state index in [2.05, 4.69) is 4.98 Å². The maximum atomic E-state index is 12.4. The molecule has 6 nitrogen and oxygen atoms in total. The van der Waals surface area contributed by atoms with Crippen molar-refractivity contribution in [3.05, 3.63) is 36.3 Å². The van der Waals surface area contributed by atoms with Crippen molar-refractivity contribution < 1.29 is 14.7 Å². The minimum absolute atomic E-state index is 0.119. The Morgan fingerprint density at radius 3 is 3.00 bits per heavy atom. The van der Waals surface area contributed by atoms with Gasteiger partial charge in [-0.2, -0.15) is 0 Å². The van der Waals surface area contributed by atoms with Gasteiger partial charge < -0.3 is 14.4 Å². The van der Waals surface area contributed by atoms with E-state index in [9.17, 15) is 9.59 Å². The van der Waals surface area contributed by atoms with Crippen molar-refractivity contribution in [2.75, 3.05) is 13.1 Å². The lowest BCUT2D eigenvalue weighted by Gasteiger charge is -2.30. The van der Waals surface area contributed by atoms with Crippen LogP contribution in [0.25, 0.3) is 5.65 Å². The molecule has 1 fully saturated rings. The fourth-order valence-electron chi connectivity index (χ4n) is 2.59. The Kier molecular flexibility index (Phi) is 3.14. The lowest BCUT2D eigenvalue weighted by Crippen LogP contribution is -2.42. The molecule has 0 saturated carbocycles. The molecule has 3 rings (SSSR count). The molecule has 1 aliphatic heterocycles. The van der Waals surface area contributed by atoms with Gasteiger partial charge in [0.15, 0.2) is 0 Å². The summed E-state index contributed by atoms with van der Waals surface area (Å²) in [4.78, 5) is 29.2. The van der Waals surface area contributed by atoms with Gasteiger partial charge in [-0.25, -0.2) is 4.98 Å².